The lowest BCUT2D eigenvalue weighted by Gasteiger charge is -2.19. The van der Waals surface area contributed by atoms with Crippen molar-refractivity contribution in [2.45, 2.75) is 26.2 Å². The molecule has 110 valence electrons. The summed E-state index contributed by atoms with van der Waals surface area (Å²) in [6, 6.07) is 4.06. The topological polar surface area (TPSA) is 54.7 Å². The molecule has 1 aromatic heterocycles. The number of hydrogen-bond acceptors (Lipinski definition) is 2. The van der Waals surface area contributed by atoms with Gasteiger partial charge in [0, 0.05) is 27.3 Å². The largest absolute Gasteiger partial charge is 0.398 e. The van der Waals surface area contributed by atoms with Crippen LogP contribution >= 0.6 is 15.9 Å². The van der Waals surface area contributed by atoms with Crippen LogP contribution in [0.3, 0.4) is 0 Å². The molecule has 1 unspecified atom stereocenters. The molecule has 2 rings (SSSR count). The van der Waals surface area contributed by atoms with Gasteiger partial charge in [0.25, 0.3) is 0 Å². The molecule has 0 aliphatic carbocycles. The molecule has 0 saturated heterocycles. The van der Waals surface area contributed by atoms with E-state index in [2.05, 4.69) is 45.5 Å². The second-order valence-corrected chi connectivity index (χ2v) is 5.87. The van der Waals surface area contributed by atoms with E-state index in [9.17, 15) is 0 Å². The lowest BCUT2D eigenvalue weighted by molar-refractivity contribution is 0.747. The van der Waals surface area contributed by atoms with Crippen molar-refractivity contribution in [1.82, 2.24) is 9.97 Å². The third-order valence-corrected chi connectivity index (χ3v) is 4.07. The number of aromatic amines is 1. The number of hydrogen-bond donors (Lipinski definition) is 2. The van der Waals surface area contributed by atoms with E-state index in [1.165, 1.54) is 5.56 Å². The van der Waals surface area contributed by atoms with E-state index in [1.807, 2.05) is 25.1 Å². The molecule has 21 heavy (non-hydrogen) atoms. The fourth-order valence-corrected chi connectivity index (χ4v) is 3.10. The number of aromatic nitrogens is 2. The Bertz CT molecular complexity index is 671. The number of H-pyrrole nitrogens is 1. The number of nitrogens with two attached hydrogens (primary N) is 1. The number of rotatable bonds is 5. The van der Waals surface area contributed by atoms with Crippen molar-refractivity contribution in [3.63, 3.8) is 0 Å². The van der Waals surface area contributed by atoms with Crippen LogP contribution in [0.2, 0.25) is 0 Å². The predicted octanol–water partition coefficient (Wildman–Crippen LogP) is 4.80. The highest BCUT2D eigenvalue weighted by Crippen LogP contribution is 2.36. The predicted molar refractivity (Wildman–Crippen MR) is 93.2 cm³/mol. The van der Waals surface area contributed by atoms with Gasteiger partial charge in [0.15, 0.2) is 0 Å². The Morgan fingerprint density at radius 3 is 2.81 bits per heavy atom. The Labute approximate surface area is 134 Å². The van der Waals surface area contributed by atoms with E-state index < -0.39 is 0 Å². The van der Waals surface area contributed by atoms with Crippen LogP contribution in [-0.4, -0.2) is 9.97 Å². The molecule has 0 bridgehead atoms. The van der Waals surface area contributed by atoms with E-state index in [-0.39, 0.29) is 5.92 Å². The number of nitrogens with one attached hydrogen (secondary N) is 1. The van der Waals surface area contributed by atoms with Crippen LogP contribution in [0.5, 0.6) is 0 Å². The highest BCUT2D eigenvalue weighted by Gasteiger charge is 2.20. The average Bonchev–Trinajstić information content (AvgIpc) is 2.85. The van der Waals surface area contributed by atoms with Gasteiger partial charge in [-0.2, -0.15) is 0 Å². The number of imidazole rings is 1. The Kier molecular flexibility index (Phi) is 5.02. The molecule has 0 saturated carbocycles. The minimum absolute atomic E-state index is 0.233. The summed E-state index contributed by atoms with van der Waals surface area (Å²) in [5, 5.41) is 0. The summed E-state index contributed by atoms with van der Waals surface area (Å²) in [5.74, 6) is 0.233. The zero-order chi connectivity index (χ0) is 15.4. The molecule has 3 nitrogen and oxygen atoms in total. The van der Waals surface area contributed by atoms with Gasteiger partial charge in [-0.25, -0.2) is 4.98 Å². The van der Waals surface area contributed by atoms with Crippen LogP contribution in [0.25, 0.3) is 6.08 Å². The maximum absolute atomic E-state index is 6.21. The van der Waals surface area contributed by atoms with E-state index in [1.54, 1.807) is 12.4 Å². The molecule has 1 atom stereocenters. The van der Waals surface area contributed by atoms with Crippen molar-refractivity contribution >= 4 is 27.7 Å². The molecule has 4 heteroatoms. The number of halogens is 1. The average molecular weight is 346 g/mol. The summed E-state index contributed by atoms with van der Waals surface area (Å²) >= 11 is 3.54. The lowest BCUT2D eigenvalue weighted by Crippen LogP contribution is -2.06. The summed E-state index contributed by atoms with van der Waals surface area (Å²) in [6.07, 6.45) is 8.39. The Morgan fingerprint density at radius 2 is 2.24 bits per heavy atom. The van der Waals surface area contributed by atoms with Crippen molar-refractivity contribution in [3.05, 3.63) is 64.2 Å². The molecule has 0 amide bonds. The molecule has 2 aromatic rings. The van der Waals surface area contributed by atoms with Gasteiger partial charge in [0.2, 0.25) is 0 Å². The van der Waals surface area contributed by atoms with Crippen LogP contribution in [0, 0.1) is 6.92 Å². The van der Waals surface area contributed by atoms with Crippen LogP contribution in [-0.2, 0) is 0 Å². The summed E-state index contributed by atoms with van der Waals surface area (Å²) in [7, 11) is 0. The fraction of sp³-hybridized carbons (Fsp3) is 0.235. The highest BCUT2D eigenvalue weighted by molar-refractivity contribution is 9.10. The molecule has 0 fully saturated rings. The normalized spacial score (nSPS) is 12.7. The van der Waals surface area contributed by atoms with Crippen molar-refractivity contribution in [1.29, 1.82) is 0 Å². The third kappa shape index (κ3) is 3.27. The zero-order valence-corrected chi connectivity index (χ0v) is 13.9. The maximum atomic E-state index is 6.21. The Morgan fingerprint density at radius 1 is 1.48 bits per heavy atom. The summed E-state index contributed by atoms with van der Waals surface area (Å²) < 4.78 is 0.987. The molecular weight excluding hydrogens is 326 g/mol. The first-order valence-corrected chi connectivity index (χ1v) is 7.75. The molecule has 0 aliphatic heterocycles. The van der Waals surface area contributed by atoms with Gasteiger partial charge in [0.1, 0.15) is 0 Å². The molecular formula is C17H20BrN3. The number of benzene rings is 1. The number of allylic oxidation sites excluding steroid dienone is 2. The minimum Gasteiger partial charge on any atom is -0.398 e. The van der Waals surface area contributed by atoms with Crippen LogP contribution < -0.4 is 5.73 Å². The van der Waals surface area contributed by atoms with Crippen LogP contribution in [0.1, 0.15) is 41.8 Å². The number of anilines is 1. The SMILES string of the molecule is C=C/C=C\c1c(N)cc(Br)cc1C(CC)c1[nH]cnc1C. The van der Waals surface area contributed by atoms with Crippen molar-refractivity contribution in [3.8, 4) is 0 Å². The van der Waals surface area contributed by atoms with Crippen molar-refractivity contribution in [2.75, 3.05) is 5.73 Å². The first kappa shape index (κ1) is 15.6. The molecule has 0 spiro atoms. The monoisotopic (exact) mass is 345 g/mol. The van der Waals surface area contributed by atoms with E-state index >= 15 is 0 Å². The molecule has 1 heterocycles. The smallest absolute Gasteiger partial charge is 0.0925 e. The van der Waals surface area contributed by atoms with Gasteiger partial charge >= 0.3 is 0 Å². The second-order valence-electron chi connectivity index (χ2n) is 4.96. The van der Waals surface area contributed by atoms with Gasteiger partial charge in [-0.05, 0) is 31.0 Å². The summed E-state index contributed by atoms with van der Waals surface area (Å²) in [4.78, 5) is 7.58. The third-order valence-electron chi connectivity index (χ3n) is 3.61. The lowest BCUT2D eigenvalue weighted by atomic mass is 9.87. The molecule has 0 radical (unpaired) electrons. The maximum Gasteiger partial charge on any atom is 0.0925 e. The quantitative estimate of drug-likeness (QED) is 0.603. The Balaban J connectivity index is 2.62. The highest BCUT2D eigenvalue weighted by atomic mass is 79.9. The van der Waals surface area contributed by atoms with Gasteiger partial charge < -0.3 is 10.7 Å². The van der Waals surface area contributed by atoms with Crippen molar-refractivity contribution < 1.29 is 0 Å². The minimum atomic E-state index is 0.233. The van der Waals surface area contributed by atoms with E-state index in [0.717, 1.165) is 33.5 Å². The zero-order valence-electron chi connectivity index (χ0n) is 12.4. The van der Waals surface area contributed by atoms with E-state index in [4.69, 9.17) is 5.73 Å². The van der Waals surface area contributed by atoms with Gasteiger partial charge in [-0.3, -0.25) is 0 Å². The second kappa shape index (κ2) is 6.76. The van der Waals surface area contributed by atoms with Crippen molar-refractivity contribution in [2.24, 2.45) is 0 Å². The fourth-order valence-electron chi connectivity index (χ4n) is 2.61. The molecule has 0 aliphatic rings. The Hall–Kier alpha value is -1.81. The van der Waals surface area contributed by atoms with Gasteiger partial charge in [0.05, 0.1) is 12.0 Å². The van der Waals surface area contributed by atoms with E-state index in [0.29, 0.717) is 0 Å². The molecule has 1 aromatic carbocycles. The van der Waals surface area contributed by atoms with Crippen LogP contribution in [0.15, 0.2) is 41.7 Å². The number of nitrogens with zero attached hydrogens (tertiary/aromatic N) is 1. The summed E-state index contributed by atoms with van der Waals surface area (Å²) in [6.45, 7) is 7.92. The summed E-state index contributed by atoms with van der Waals surface area (Å²) in [5.41, 5.74) is 11.4. The molecule has 3 N–H and O–H groups in total. The number of nitrogen functional groups attached to an aromatic ring is 1. The number of aryl methyl sites for hydroxylation is 1. The standard InChI is InChI=1S/C17H20BrN3/c1-4-6-7-14-15(8-12(18)9-16(14)19)13(5-2)17-11(3)20-10-21-17/h4,6-10,13H,1,5,19H2,2-3H3,(H,20,21)/b7-6-. The van der Waals surface area contributed by atoms with Crippen LogP contribution in [0.4, 0.5) is 5.69 Å². The van der Waals surface area contributed by atoms with Gasteiger partial charge in [-0.15, -0.1) is 0 Å². The van der Waals surface area contributed by atoms with Gasteiger partial charge in [-0.1, -0.05) is 47.7 Å². The first-order valence-electron chi connectivity index (χ1n) is 6.96. The first-order chi connectivity index (χ1) is 10.1.